The van der Waals surface area contributed by atoms with Crippen molar-refractivity contribution < 1.29 is 0 Å². The van der Waals surface area contributed by atoms with Crippen LogP contribution >= 0.6 is 0 Å². The fourth-order valence-electron chi connectivity index (χ4n) is 0.196. The molecule has 0 fully saturated rings. The van der Waals surface area contributed by atoms with Crippen LogP contribution in [-0.2, 0) is 0 Å². The zero-order chi connectivity index (χ0) is 5.70. The first-order valence-electron chi connectivity index (χ1n) is 2.14. The number of nitrogens with zero attached hydrogens (tertiary/aromatic N) is 1. The van der Waals surface area contributed by atoms with E-state index in [0.29, 0.717) is 6.42 Å². The van der Waals surface area contributed by atoms with E-state index in [4.69, 9.17) is 11.1 Å². The van der Waals surface area contributed by atoms with E-state index in [0.717, 1.165) is 0 Å². The highest BCUT2D eigenvalue weighted by Crippen LogP contribution is 1.81. The highest BCUT2D eigenvalue weighted by molar-refractivity contribution is 4.75. The van der Waals surface area contributed by atoms with Gasteiger partial charge in [0, 0.05) is 6.04 Å². The lowest BCUT2D eigenvalue weighted by molar-refractivity contribution is 0.581. The Kier molecular flexibility index (Phi) is 3.29. The largest absolute Gasteiger partial charge is 0.271 e. The summed E-state index contributed by atoms with van der Waals surface area (Å²) in [5.74, 6) is 4.96. The topological polar surface area (TPSA) is 61.8 Å². The van der Waals surface area contributed by atoms with Gasteiger partial charge in [-0.15, -0.1) is 0 Å². The Bertz CT molecular complexity index is 73.5. The molecule has 0 heterocycles. The van der Waals surface area contributed by atoms with Crippen molar-refractivity contribution in [3.63, 3.8) is 0 Å². The van der Waals surface area contributed by atoms with Gasteiger partial charge in [0.15, 0.2) is 0 Å². The third-order valence-electron chi connectivity index (χ3n) is 0.682. The summed E-state index contributed by atoms with van der Waals surface area (Å²) < 4.78 is 0. The molecule has 7 heavy (non-hydrogen) atoms. The summed E-state index contributed by atoms with van der Waals surface area (Å²) in [7, 11) is 0. The van der Waals surface area contributed by atoms with Crippen LogP contribution in [0.4, 0.5) is 0 Å². The van der Waals surface area contributed by atoms with Crippen molar-refractivity contribution in [1.29, 1.82) is 5.26 Å². The normalized spacial score (nSPS) is 12.7. The van der Waals surface area contributed by atoms with Crippen LogP contribution in [0.3, 0.4) is 0 Å². The first kappa shape index (κ1) is 6.41. The third-order valence-corrected chi connectivity index (χ3v) is 0.682. The molecule has 3 heteroatoms. The predicted octanol–water partition coefficient (Wildman–Crippen LogP) is -0.248. The monoisotopic (exact) mass is 99.1 g/mol. The maximum absolute atomic E-state index is 8.02. The van der Waals surface area contributed by atoms with Gasteiger partial charge in [0.1, 0.15) is 0 Å². The van der Waals surface area contributed by atoms with Crippen molar-refractivity contribution >= 4 is 0 Å². The molecule has 0 aromatic rings. The minimum Gasteiger partial charge on any atom is -0.271 e. The molecule has 3 nitrogen and oxygen atoms in total. The molecule has 0 aromatic heterocycles. The molecule has 1 atom stereocenters. The van der Waals surface area contributed by atoms with E-state index < -0.39 is 0 Å². The number of hydrogen-bond donors (Lipinski definition) is 2. The maximum Gasteiger partial charge on any atom is 0.0638 e. The predicted molar refractivity (Wildman–Crippen MR) is 27.0 cm³/mol. The van der Waals surface area contributed by atoms with Gasteiger partial charge in [-0.2, -0.15) is 5.26 Å². The summed E-state index contributed by atoms with van der Waals surface area (Å²) >= 11 is 0. The molecule has 0 radical (unpaired) electrons. The first-order chi connectivity index (χ1) is 3.31. The quantitative estimate of drug-likeness (QED) is 0.370. The molecule has 0 saturated carbocycles. The van der Waals surface area contributed by atoms with Crippen molar-refractivity contribution in [2.45, 2.75) is 19.4 Å². The van der Waals surface area contributed by atoms with E-state index in [1.807, 2.05) is 13.0 Å². The van der Waals surface area contributed by atoms with Crippen molar-refractivity contribution in [3.8, 4) is 6.07 Å². The molecule has 40 valence electrons. The molecule has 0 rings (SSSR count). The third kappa shape index (κ3) is 3.23. The molecule has 0 aliphatic heterocycles. The molecule has 0 bridgehead atoms. The van der Waals surface area contributed by atoms with Crippen molar-refractivity contribution in [2.24, 2.45) is 5.84 Å². The van der Waals surface area contributed by atoms with Crippen LogP contribution in [0.5, 0.6) is 0 Å². The second-order valence-corrected chi connectivity index (χ2v) is 1.43. The Labute approximate surface area is 43.1 Å². The number of nitrogens with two attached hydrogens (primary N) is 1. The van der Waals surface area contributed by atoms with Crippen LogP contribution in [0.1, 0.15) is 13.3 Å². The van der Waals surface area contributed by atoms with E-state index in [-0.39, 0.29) is 6.04 Å². The fraction of sp³-hybridized carbons (Fsp3) is 0.750. The van der Waals surface area contributed by atoms with Gasteiger partial charge < -0.3 is 0 Å². The lowest BCUT2D eigenvalue weighted by Crippen LogP contribution is -2.31. The SMILES string of the molecule is C[C@@H](CC#N)NN. The van der Waals surface area contributed by atoms with Gasteiger partial charge in [0.25, 0.3) is 0 Å². The van der Waals surface area contributed by atoms with E-state index >= 15 is 0 Å². The van der Waals surface area contributed by atoms with Crippen molar-refractivity contribution in [3.05, 3.63) is 0 Å². The Balaban J connectivity index is 3.03. The van der Waals surface area contributed by atoms with Crippen LogP contribution in [-0.4, -0.2) is 6.04 Å². The van der Waals surface area contributed by atoms with E-state index in [9.17, 15) is 0 Å². The van der Waals surface area contributed by atoms with Crippen LogP contribution in [0.25, 0.3) is 0 Å². The van der Waals surface area contributed by atoms with E-state index in [1.165, 1.54) is 0 Å². The molecule has 0 aromatic carbocycles. The summed E-state index contributed by atoms with van der Waals surface area (Å²) in [4.78, 5) is 0. The van der Waals surface area contributed by atoms with Gasteiger partial charge in [0.05, 0.1) is 12.5 Å². The van der Waals surface area contributed by atoms with Gasteiger partial charge >= 0.3 is 0 Å². The second kappa shape index (κ2) is 3.59. The average Bonchev–Trinajstić information content (AvgIpc) is 1.68. The summed E-state index contributed by atoms with van der Waals surface area (Å²) in [6.07, 6.45) is 0.469. The van der Waals surface area contributed by atoms with Gasteiger partial charge in [0.2, 0.25) is 0 Å². The standard InChI is InChI=1S/C4H9N3/c1-4(7-6)2-3-5/h4,7H,2,6H2,1H3/t4-/m0/s1. The highest BCUT2D eigenvalue weighted by atomic mass is 15.2. The molecule has 3 N–H and O–H groups in total. The highest BCUT2D eigenvalue weighted by Gasteiger charge is 1.92. The summed E-state index contributed by atoms with van der Waals surface area (Å²) in [5.41, 5.74) is 2.44. The van der Waals surface area contributed by atoms with Gasteiger partial charge in [-0.05, 0) is 6.92 Å². The molecular weight excluding hydrogens is 90.1 g/mol. The smallest absolute Gasteiger partial charge is 0.0638 e. The molecule has 0 spiro atoms. The number of rotatable bonds is 2. The number of nitriles is 1. The van der Waals surface area contributed by atoms with Crippen LogP contribution in [0.2, 0.25) is 0 Å². The Morgan fingerprint density at radius 2 is 2.57 bits per heavy atom. The van der Waals surface area contributed by atoms with Crippen LogP contribution in [0, 0.1) is 11.3 Å². The average molecular weight is 99.1 g/mol. The van der Waals surface area contributed by atoms with Crippen molar-refractivity contribution in [2.75, 3.05) is 0 Å². The zero-order valence-corrected chi connectivity index (χ0v) is 4.31. The lowest BCUT2D eigenvalue weighted by Gasteiger charge is -2.00. The zero-order valence-electron chi connectivity index (χ0n) is 4.31. The van der Waals surface area contributed by atoms with Crippen LogP contribution < -0.4 is 11.3 Å². The lowest BCUT2D eigenvalue weighted by atomic mass is 10.3. The van der Waals surface area contributed by atoms with Gasteiger partial charge in [-0.3, -0.25) is 11.3 Å². The van der Waals surface area contributed by atoms with Crippen molar-refractivity contribution in [1.82, 2.24) is 5.43 Å². The van der Waals surface area contributed by atoms with Gasteiger partial charge in [-0.1, -0.05) is 0 Å². The maximum atomic E-state index is 8.02. The Morgan fingerprint density at radius 3 is 2.71 bits per heavy atom. The summed E-state index contributed by atoms with van der Waals surface area (Å²) in [6.45, 7) is 1.85. The molecule has 0 saturated heterocycles. The molecule has 0 amide bonds. The molecular formula is C4H9N3. The van der Waals surface area contributed by atoms with E-state index in [1.54, 1.807) is 0 Å². The number of hydrogen-bond acceptors (Lipinski definition) is 3. The minimum absolute atomic E-state index is 0.116. The molecule has 0 aliphatic rings. The number of hydrazine groups is 1. The minimum atomic E-state index is 0.116. The number of nitrogens with one attached hydrogen (secondary N) is 1. The summed E-state index contributed by atoms with van der Waals surface area (Å²) in [5, 5.41) is 8.02. The summed E-state index contributed by atoms with van der Waals surface area (Å²) in [6, 6.07) is 2.09. The van der Waals surface area contributed by atoms with E-state index in [2.05, 4.69) is 5.43 Å². The van der Waals surface area contributed by atoms with Crippen LogP contribution in [0.15, 0.2) is 0 Å². The first-order valence-corrected chi connectivity index (χ1v) is 2.14. The molecule has 0 aliphatic carbocycles. The Hall–Kier alpha value is -0.590. The Morgan fingerprint density at radius 1 is 2.00 bits per heavy atom. The second-order valence-electron chi connectivity index (χ2n) is 1.43. The fourth-order valence-corrected chi connectivity index (χ4v) is 0.196. The van der Waals surface area contributed by atoms with Gasteiger partial charge in [-0.25, -0.2) is 0 Å². The molecule has 0 unspecified atom stereocenters.